The number of carbonyl (C=O) groups is 1. The van der Waals surface area contributed by atoms with E-state index in [2.05, 4.69) is 22.3 Å². The average molecular weight is 377 g/mol. The second kappa shape index (κ2) is 7.99. The summed E-state index contributed by atoms with van der Waals surface area (Å²) in [6.45, 7) is 4.78. The number of carbonyl (C=O) groups excluding carboxylic acids is 1. The molecule has 4 rings (SSSR count). The average Bonchev–Trinajstić information content (AvgIpc) is 3.22. The number of nitrogens with zero attached hydrogens (tertiary/aromatic N) is 1. The number of rotatable bonds is 4. The molecule has 144 valence electrons. The predicted molar refractivity (Wildman–Crippen MR) is 105 cm³/mol. The van der Waals surface area contributed by atoms with Crippen molar-refractivity contribution >= 4 is 17.2 Å². The molecule has 5 heteroatoms. The Balaban J connectivity index is 1.33. The first-order valence-corrected chi connectivity index (χ1v) is 11.2. The summed E-state index contributed by atoms with van der Waals surface area (Å²) < 4.78 is 0. The van der Waals surface area contributed by atoms with E-state index in [-0.39, 0.29) is 18.1 Å². The molecular formula is C21H32N2O2S. The molecule has 1 aliphatic heterocycles. The highest BCUT2D eigenvalue weighted by atomic mass is 32.1. The summed E-state index contributed by atoms with van der Waals surface area (Å²) in [5.74, 6) is 1.95. The zero-order valence-corrected chi connectivity index (χ0v) is 16.6. The molecule has 2 heterocycles. The number of hydrogen-bond donors (Lipinski definition) is 2. The SMILES string of the molecule is CC(=O)N[C@@H]1C[C@@H]2CN(Cc3ccc(C4CCCCC4)s3)C[C@@H]2C[C@H]1O. The number of likely N-dealkylation sites (tertiary alicyclic amines) is 1. The van der Waals surface area contributed by atoms with Crippen molar-refractivity contribution in [1.29, 1.82) is 0 Å². The number of aliphatic hydroxyl groups excluding tert-OH is 1. The lowest BCUT2D eigenvalue weighted by atomic mass is 9.77. The second-order valence-electron chi connectivity index (χ2n) is 8.70. The number of fused-ring (bicyclic) bond motifs is 1. The Labute approximate surface area is 161 Å². The number of hydrogen-bond acceptors (Lipinski definition) is 4. The molecule has 1 aromatic rings. The van der Waals surface area contributed by atoms with Crippen LogP contribution in [0.15, 0.2) is 12.1 Å². The van der Waals surface area contributed by atoms with Gasteiger partial charge in [-0.15, -0.1) is 11.3 Å². The van der Waals surface area contributed by atoms with Crippen molar-refractivity contribution in [2.45, 2.75) is 76.5 Å². The van der Waals surface area contributed by atoms with Gasteiger partial charge in [0, 0.05) is 36.3 Å². The first-order chi connectivity index (χ1) is 12.6. The number of aliphatic hydroxyl groups is 1. The monoisotopic (exact) mass is 376 g/mol. The Bertz CT molecular complexity index is 625. The zero-order valence-electron chi connectivity index (χ0n) is 15.8. The maximum atomic E-state index is 11.4. The maximum Gasteiger partial charge on any atom is 0.217 e. The highest BCUT2D eigenvalue weighted by Crippen LogP contribution is 2.39. The van der Waals surface area contributed by atoms with E-state index in [1.807, 2.05) is 11.3 Å². The van der Waals surface area contributed by atoms with Crippen molar-refractivity contribution in [2.75, 3.05) is 13.1 Å². The van der Waals surface area contributed by atoms with Crippen molar-refractivity contribution in [3.63, 3.8) is 0 Å². The van der Waals surface area contributed by atoms with Gasteiger partial charge in [0.15, 0.2) is 0 Å². The maximum absolute atomic E-state index is 11.4. The second-order valence-corrected chi connectivity index (χ2v) is 9.90. The van der Waals surface area contributed by atoms with Crippen LogP contribution in [0, 0.1) is 11.8 Å². The first-order valence-electron chi connectivity index (χ1n) is 10.3. The lowest BCUT2D eigenvalue weighted by Gasteiger charge is -2.35. The van der Waals surface area contributed by atoms with Crippen molar-refractivity contribution in [3.05, 3.63) is 21.9 Å². The molecule has 0 radical (unpaired) electrons. The minimum Gasteiger partial charge on any atom is -0.391 e. The van der Waals surface area contributed by atoms with E-state index in [9.17, 15) is 9.90 Å². The summed E-state index contributed by atoms with van der Waals surface area (Å²) in [6.07, 6.45) is 8.29. The Morgan fingerprint density at radius 2 is 1.92 bits per heavy atom. The Morgan fingerprint density at radius 3 is 2.65 bits per heavy atom. The third kappa shape index (κ3) is 4.15. The van der Waals surface area contributed by atoms with Crippen molar-refractivity contribution in [1.82, 2.24) is 10.2 Å². The van der Waals surface area contributed by atoms with Gasteiger partial charge in [-0.3, -0.25) is 9.69 Å². The van der Waals surface area contributed by atoms with Crippen LogP contribution in [0.25, 0.3) is 0 Å². The fraction of sp³-hybridized carbons (Fsp3) is 0.762. The van der Waals surface area contributed by atoms with Gasteiger partial charge in [-0.2, -0.15) is 0 Å². The summed E-state index contributed by atoms with van der Waals surface area (Å²) in [7, 11) is 0. The highest BCUT2D eigenvalue weighted by Gasteiger charge is 2.41. The summed E-state index contributed by atoms with van der Waals surface area (Å²) in [5.41, 5.74) is 0. The Kier molecular flexibility index (Phi) is 5.67. The fourth-order valence-corrected chi connectivity index (χ4v) is 6.60. The van der Waals surface area contributed by atoms with Crippen LogP contribution in [-0.2, 0) is 11.3 Å². The van der Waals surface area contributed by atoms with E-state index < -0.39 is 0 Å². The molecule has 26 heavy (non-hydrogen) atoms. The van der Waals surface area contributed by atoms with Gasteiger partial charge in [0.1, 0.15) is 0 Å². The number of thiophene rings is 1. The molecule has 4 atom stereocenters. The molecule has 2 aliphatic carbocycles. The van der Waals surface area contributed by atoms with Crippen LogP contribution < -0.4 is 5.32 Å². The lowest BCUT2D eigenvalue weighted by molar-refractivity contribution is -0.121. The molecule has 1 saturated heterocycles. The van der Waals surface area contributed by atoms with Crippen LogP contribution in [0.3, 0.4) is 0 Å². The molecule has 0 bridgehead atoms. The van der Waals surface area contributed by atoms with Crippen LogP contribution >= 0.6 is 11.3 Å². The molecule has 0 spiro atoms. The van der Waals surface area contributed by atoms with Gasteiger partial charge in [0.2, 0.25) is 5.91 Å². The van der Waals surface area contributed by atoms with E-state index in [0.29, 0.717) is 11.8 Å². The topological polar surface area (TPSA) is 52.6 Å². The van der Waals surface area contributed by atoms with Gasteiger partial charge in [-0.1, -0.05) is 19.3 Å². The molecule has 3 aliphatic rings. The summed E-state index contributed by atoms with van der Waals surface area (Å²) in [5, 5.41) is 13.3. The standard InChI is InChI=1S/C21H32N2O2S/c1-14(24)22-19-9-16-11-23(12-17(16)10-20(19)25)13-18-7-8-21(26-18)15-5-3-2-4-6-15/h7-8,15-17,19-20,25H,2-6,9-13H2,1H3,(H,22,24)/t16-,17+,19-,20-/m1/s1. The third-order valence-corrected chi connectivity index (χ3v) is 7.91. The van der Waals surface area contributed by atoms with E-state index in [1.54, 1.807) is 11.8 Å². The van der Waals surface area contributed by atoms with Crippen molar-refractivity contribution in [2.24, 2.45) is 11.8 Å². The predicted octanol–water partition coefficient (Wildman–Crippen LogP) is 3.50. The van der Waals surface area contributed by atoms with Crippen LogP contribution in [0.5, 0.6) is 0 Å². The van der Waals surface area contributed by atoms with Gasteiger partial charge in [0.05, 0.1) is 12.1 Å². The van der Waals surface area contributed by atoms with Gasteiger partial charge < -0.3 is 10.4 Å². The Hall–Kier alpha value is -0.910. The molecule has 0 aromatic carbocycles. The normalized spacial score (nSPS) is 33.2. The highest BCUT2D eigenvalue weighted by molar-refractivity contribution is 7.12. The Morgan fingerprint density at radius 1 is 1.19 bits per heavy atom. The van der Waals surface area contributed by atoms with Crippen LogP contribution in [0.1, 0.15) is 67.5 Å². The van der Waals surface area contributed by atoms with Crippen molar-refractivity contribution < 1.29 is 9.90 Å². The van der Waals surface area contributed by atoms with E-state index in [1.165, 1.54) is 37.0 Å². The molecule has 4 nitrogen and oxygen atoms in total. The number of nitrogens with one attached hydrogen (secondary N) is 1. The molecule has 1 amide bonds. The molecule has 3 fully saturated rings. The summed E-state index contributed by atoms with van der Waals surface area (Å²) in [6, 6.07) is 4.65. The van der Waals surface area contributed by atoms with Crippen molar-refractivity contribution in [3.8, 4) is 0 Å². The molecular weight excluding hydrogens is 344 g/mol. The van der Waals surface area contributed by atoms with Crippen LogP contribution in [0.2, 0.25) is 0 Å². The van der Waals surface area contributed by atoms with Gasteiger partial charge >= 0.3 is 0 Å². The molecule has 2 saturated carbocycles. The van der Waals surface area contributed by atoms with Crippen LogP contribution in [-0.4, -0.2) is 41.1 Å². The number of amides is 1. The smallest absolute Gasteiger partial charge is 0.217 e. The first kappa shape index (κ1) is 18.5. The van der Waals surface area contributed by atoms with E-state index in [4.69, 9.17) is 0 Å². The minimum absolute atomic E-state index is 0.0313. The fourth-order valence-electron chi connectivity index (χ4n) is 5.38. The molecule has 0 unspecified atom stereocenters. The largest absolute Gasteiger partial charge is 0.391 e. The third-order valence-electron chi connectivity index (χ3n) is 6.68. The summed E-state index contributed by atoms with van der Waals surface area (Å²) in [4.78, 5) is 17.0. The molecule has 2 N–H and O–H groups in total. The van der Waals surface area contributed by atoms with E-state index in [0.717, 1.165) is 38.4 Å². The summed E-state index contributed by atoms with van der Waals surface area (Å²) >= 11 is 2.02. The quantitative estimate of drug-likeness (QED) is 0.846. The van der Waals surface area contributed by atoms with Crippen LogP contribution in [0.4, 0.5) is 0 Å². The lowest BCUT2D eigenvalue weighted by Crippen LogP contribution is -2.48. The van der Waals surface area contributed by atoms with Gasteiger partial charge in [0.25, 0.3) is 0 Å². The minimum atomic E-state index is -0.389. The zero-order chi connectivity index (χ0) is 18.1. The van der Waals surface area contributed by atoms with E-state index >= 15 is 0 Å². The van der Waals surface area contributed by atoms with Gasteiger partial charge in [-0.25, -0.2) is 0 Å². The van der Waals surface area contributed by atoms with Gasteiger partial charge in [-0.05, 0) is 55.6 Å². The molecule has 1 aromatic heterocycles.